The maximum Gasteiger partial charge on any atom is 0.338 e. The number of rotatable bonds is 9. The monoisotopic (exact) mass is 319 g/mol. The van der Waals surface area contributed by atoms with Gasteiger partial charge in [0.2, 0.25) is 0 Å². The van der Waals surface area contributed by atoms with Gasteiger partial charge in [-0.2, -0.15) is 0 Å². The van der Waals surface area contributed by atoms with Crippen molar-refractivity contribution >= 4 is 5.97 Å². The van der Waals surface area contributed by atoms with Gasteiger partial charge >= 0.3 is 5.97 Å². The summed E-state index contributed by atoms with van der Waals surface area (Å²) < 4.78 is 15.7. The Bertz CT molecular complexity index is 327. The van der Waals surface area contributed by atoms with Crippen LogP contribution in [0.15, 0.2) is 0 Å². The largest absolute Gasteiger partial charge is 0.464 e. The third-order valence-corrected chi connectivity index (χ3v) is 3.70. The summed E-state index contributed by atoms with van der Waals surface area (Å²) in [5.74, 6) is -0.696. The maximum absolute atomic E-state index is 12.0. The van der Waals surface area contributed by atoms with Crippen LogP contribution in [-0.2, 0) is 19.0 Å². The predicted octanol–water partition coefficient (Wildman–Crippen LogP) is 0.311. The lowest BCUT2D eigenvalue weighted by atomic mass is 9.97. The average molecular weight is 319 g/mol. The van der Waals surface area contributed by atoms with Crippen molar-refractivity contribution in [1.82, 2.24) is 0 Å². The average Bonchev–Trinajstić information content (AvgIpc) is 2.51. The fourth-order valence-electron chi connectivity index (χ4n) is 2.35. The summed E-state index contributed by atoms with van der Waals surface area (Å²) in [6, 6.07) is -0.909. The zero-order valence-electron chi connectivity index (χ0n) is 13.4. The highest BCUT2D eigenvalue weighted by atomic mass is 16.7. The molecular formula is C15H29NO6. The Labute approximate surface area is 131 Å². The number of aliphatic hydroxyl groups excluding tert-OH is 2. The molecule has 1 heterocycles. The normalized spacial score (nSPS) is 32.0. The molecule has 1 aliphatic heterocycles. The highest BCUT2D eigenvalue weighted by Gasteiger charge is 2.47. The molecule has 1 rings (SSSR count). The van der Waals surface area contributed by atoms with Crippen LogP contribution >= 0.6 is 0 Å². The fraction of sp³-hybridized carbons (Fsp3) is 0.933. The lowest BCUT2D eigenvalue weighted by Crippen LogP contribution is -2.63. The minimum Gasteiger partial charge on any atom is -0.464 e. The Morgan fingerprint density at radius 2 is 1.82 bits per heavy atom. The van der Waals surface area contributed by atoms with E-state index in [1.165, 1.54) is 6.42 Å². The van der Waals surface area contributed by atoms with Crippen LogP contribution in [0.5, 0.6) is 0 Å². The van der Waals surface area contributed by atoms with Gasteiger partial charge in [-0.05, 0) is 13.3 Å². The van der Waals surface area contributed by atoms with Gasteiger partial charge in [0.25, 0.3) is 0 Å². The molecule has 0 bridgehead atoms. The van der Waals surface area contributed by atoms with Crippen molar-refractivity contribution in [3.8, 4) is 0 Å². The summed E-state index contributed by atoms with van der Waals surface area (Å²) in [5.41, 5.74) is 5.72. The summed E-state index contributed by atoms with van der Waals surface area (Å²) in [4.78, 5) is 12.0. The molecule has 5 atom stereocenters. The summed E-state index contributed by atoms with van der Waals surface area (Å²) in [6.45, 7) is 4.47. The topological polar surface area (TPSA) is 111 Å². The van der Waals surface area contributed by atoms with Gasteiger partial charge in [0.05, 0.1) is 12.6 Å². The molecule has 0 spiro atoms. The minimum absolute atomic E-state index is 0.274. The highest BCUT2D eigenvalue weighted by Crippen LogP contribution is 2.22. The number of unbranched alkanes of at least 4 members (excludes halogenated alkanes) is 4. The van der Waals surface area contributed by atoms with E-state index in [1.54, 1.807) is 6.92 Å². The molecule has 1 fully saturated rings. The van der Waals surface area contributed by atoms with Crippen molar-refractivity contribution in [2.24, 2.45) is 5.73 Å². The number of hydrogen-bond donors (Lipinski definition) is 3. The minimum atomic E-state index is -1.42. The molecule has 0 amide bonds. The van der Waals surface area contributed by atoms with Crippen LogP contribution in [-0.4, -0.2) is 60.0 Å². The van der Waals surface area contributed by atoms with Crippen molar-refractivity contribution in [3.63, 3.8) is 0 Å². The predicted molar refractivity (Wildman–Crippen MR) is 80.0 cm³/mol. The molecule has 130 valence electrons. The Kier molecular flexibility index (Phi) is 8.89. The molecule has 22 heavy (non-hydrogen) atoms. The van der Waals surface area contributed by atoms with E-state index in [1.807, 2.05) is 0 Å². The molecule has 1 aliphatic rings. The van der Waals surface area contributed by atoms with E-state index in [2.05, 4.69) is 6.92 Å². The molecule has 7 nitrogen and oxygen atoms in total. The van der Waals surface area contributed by atoms with Gasteiger partial charge in [-0.25, -0.2) is 4.79 Å². The second kappa shape index (κ2) is 10.1. The van der Waals surface area contributed by atoms with E-state index < -0.39 is 36.6 Å². The quantitative estimate of drug-likeness (QED) is 0.414. The van der Waals surface area contributed by atoms with Gasteiger partial charge in [0, 0.05) is 6.61 Å². The molecule has 0 aromatic heterocycles. The number of hydrogen-bond acceptors (Lipinski definition) is 7. The SMILES string of the molecule is CCCCCCCOC(=O)[C@H]1O[C@@H](OCC)[C@H](N)[C@@H](O)[C@@H]1O. The third kappa shape index (κ3) is 5.48. The number of aliphatic hydroxyl groups is 2. The van der Waals surface area contributed by atoms with Crippen LogP contribution in [0.2, 0.25) is 0 Å². The first kappa shape index (κ1) is 19.3. The number of nitrogens with two attached hydrogens (primary N) is 1. The lowest BCUT2D eigenvalue weighted by molar-refractivity contribution is -0.260. The van der Waals surface area contributed by atoms with E-state index in [0.29, 0.717) is 6.61 Å². The maximum atomic E-state index is 12.0. The van der Waals surface area contributed by atoms with E-state index >= 15 is 0 Å². The second-order valence-corrected chi connectivity index (χ2v) is 5.52. The first-order valence-electron chi connectivity index (χ1n) is 8.08. The van der Waals surface area contributed by atoms with Gasteiger partial charge in [-0.1, -0.05) is 32.6 Å². The van der Waals surface area contributed by atoms with E-state index in [0.717, 1.165) is 25.7 Å². The van der Waals surface area contributed by atoms with Crippen LogP contribution < -0.4 is 5.73 Å². The van der Waals surface area contributed by atoms with Crippen molar-refractivity contribution in [3.05, 3.63) is 0 Å². The van der Waals surface area contributed by atoms with Gasteiger partial charge in [-0.15, -0.1) is 0 Å². The van der Waals surface area contributed by atoms with Crippen molar-refractivity contribution < 1.29 is 29.2 Å². The Balaban J connectivity index is 2.42. The molecule has 0 radical (unpaired) electrons. The molecule has 0 aromatic rings. The first-order chi connectivity index (χ1) is 10.5. The van der Waals surface area contributed by atoms with Gasteiger partial charge in [-0.3, -0.25) is 0 Å². The van der Waals surface area contributed by atoms with Crippen LogP contribution in [0.1, 0.15) is 46.0 Å². The van der Waals surface area contributed by atoms with Crippen LogP contribution in [0.3, 0.4) is 0 Å². The van der Waals surface area contributed by atoms with Crippen molar-refractivity contribution in [1.29, 1.82) is 0 Å². The molecule has 7 heteroatoms. The molecule has 1 saturated heterocycles. The zero-order chi connectivity index (χ0) is 16.5. The number of ether oxygens (including phenoxy) is 3. The Morgan fingerprint density at radius 1 is 1.14 bits per heavy atom. The number of carbonyl (C=O) groups is 1. The third-order valence-electron chi connectivity index (χ3n) is 3.70. The summed E-state index contributed by atoms with van der Waals surface area (Å²) in [5, 5.41) is 19.8. The van der Waals surface area contributed by atoms with Crippen LogP contribution in [0, 0.1) is 0 Å². The zero-order valence-corrected chi connectivity index (χ0v) is 13.4. The van der Waals surface area contributed by atoms with E-state index in [9.17, 15) is 15.0 Å². The molecule has 4 N–H and O–H groups in total. The fourth-order valence-corrected chi connectivity index (χ4v) is 2.35. The van der Waals surface area contributed by atoms with E-state index in [4.69, 9.17) is 19.9 Å². The van der Waals surface area contributed by atoms with Gasteiger partial charge in [0.1, 0.15) is 12.2 Å². The van der Waals surface area contributed by atoms with Crippen molar-refractivity contribution in [2.75, 3.05) is 13.2 Å². The standard InChI is InChI=1S/C15H29NO6/c1-3-5-6-7-8-9-21-14(19)13-12(18)11(17)10(16)15(22-13)20-4-2/h10-13,15,17-18H,3-9,16H2,1-2H3/t10-,11-,12+,13+,15-/m1/s1. The Morgan fingerprint density at radius 3 is 2.45 bits per heavy atom. The molecule has 0 aromatic carbocycles. The second-order valence-electron chi connectivity index (χ2n) is 5.52. The number of esters is 1. The summed E-state index contributed by atoms with van der Waals surface area (Å²) >= 11 is 0. The first-order valence-corrected chi connectivity index (χ1v) is 8.08. The number of carbonyl (C=O) groups excluding carboxylic acids is 1. The smallest absolute Gasteiger partial charge is 0.338 e. The molecular weight excluding hydrogens is 290 g/mol. The van der Waals surface area contributed by atoms with Gasteiger partial charge < -0.3 is 30.2 Å². The summed E-state index contributed by atoms with van der Waals surface area (Å²) in [6.07, 6.45) is 0.253. The van der Waals surface area contributed by atoms with E-state index in [-0.39, 0.29) is 6.61 Å². The molecule has 0 saturated carbocycles. The van der Waals surface area contributed by atoms with Crippen LogP contribution in [0.25, 0.3) is 0 Å². The van der Waals surface area contributed by atoms with Crippen LogP contribution in [0.4, 0.5) is 0 Å². The molecule has 0 unspecified atom stereocenters. The molecule has 0 aliphatic carbocycles. The Hall–Kier alpha value is -0.730. The van der Waals surface area contributed by atoms with Crippen molar-refractivity contribution in [2.45, 2.75) is 76.6 Å². The highest BCUT2D eigenvalue weighted by molar-refractivity contribution is 5.75. The van der Waals surface area contributed by atoms with Gasteiger partial charge in [0.15, 0.2) is 12.4 Å². The lowest BCUT2D eigenvalue weighted by Gasteiger charge is -2.39. The summed E-state index contributed by atoms with van der Waals surface area (Å²) in [7, 11) is 0.